The van der Waals surface area contributed by atoms with Crippen LogP contribution in [0.4, 0.5) is 5.69 Å². The monoisotopic (exact) mass is 316 g/mol. The van der Waals surface area contributed by atoms with Crippen LogP contribution in [0.2, 0.25) is 0 Å². The maximum atomic E-state index is 12.7. The van der Waals surface area contributed by atoms with E-state index in [-0.39, 0.29) is 18.0 Å². The number of imide groups is 1. The van der Waals surface area contributed by atoms with E-state index in [0.29, 0.717) is 11.9 Å². The number of hydrogen-bond donors (Lipinski definition) is 2. The third-order valence-corrected chi connectivity index (χ3v) is 4.19. The second-order valence-corrected chi connectivity index (χ2v) is 5.78. The maximum absolute atomic E-state index is 12.7. The Morgan fingerprint density at radius 1 is 1.30 bits per heavy atom. The number of piperidine rings is 1. The molecule has 1 aromatic heterocycles. The van der Waals surface area contributed by atoms with Crippen molar-refractivity contribution in [2.75, 3.05) is 11.9 Å². The largest absolute Gasteiger partial charge is 0.383 e. The molecule has 1 aliphatic heterocycles. The van der Waals surface area contributed by atoms with E-state index in [1.54, 1.807) is 11.6 Å². The quantitative estimate of drug-likeness (QED) is 0.828. The fourth-order valence-corrected chi connectivity index (χ4v) is 3.07. The number of rotatable bonds is 4. The van der Waals surface area contributed by atoms with Gasteiger partial charge in [0, 0.05) is 20.0 Å². The highest BCUT2D eigenvalue weighted by Crippen LogP contribution is 2.27. The Bertz CT molecular complexity index is 834. The van der Waals surface area contributed by atoms with Gasteiger partial charge in [-0.15, -0.1) is 0 Å². The minimum atomic E-state index is -0.648. The van der Waals surface area contributed by atoms with Crippen LogP contribution in [0.5, 0.6) is 0 Å². The highest BCUT2D eigenvalue weighted by Gasteiger charge is 2.31. The Morgan fingerprint density at radius 3 is 2.78 bits per heavy atom. The fourth-order valence-electron chi connectivity index (χ4n) is 3.07. The second kappa shape index (κ2) is 5.91. The summed E-state index contributed by atoms with van der Waals surface area (Å²) in [6.45, 7) is 2.87. The number of imidazole rings is 1. The molecule has 1 unspecified atom stereocenters. The lowest BCUT2D eigenvalue weighted by atomic mass is 10.1. The van der Waals surface area contributed by atoms with Crippen molar-refractivity contribution in [2.45, 2.75) is 32.2 Å². The van der Waals surface area contributed by atoms with E-state index in [1.165, 1.54) is 4.57 Å². The number of para-hydroxylation sites is 1. The van der Waals surface area contributed by atoms with Gasteiger partial charge in [0.25, 0.3) is 0 Å². The summed E-state index contributed by atoms with van der Waals surface area (Å²) < 4.78 is 3.05. The van der Waals surface area contributed by atoms with E-state index in [2.05, 4.69) is 17.6 Å². The van der Waals surface area contributed by atoms with Crippen LogP contribution in [0.1, 0.15) is 32.2 Å². The third kappa shape index (κ3) is 2.52. The SMILES string of the molecule is CCCNc1cccc2c1n(C)c(=O)n2C1CCC(=O)NC1=O. The maximum Gasteiger partial charge on any atom is 0.329 e. The smallest absolute Gasteiger partial charge is 0.329 e. The van der Waals surface area contributed by atoms with E-state index in [0.717, 1.165) is 24.2 Å². The van der Waals surface area contributed by atoms with Crippen molar-refractivity contribution in [3.8, 4) is 0 Å². The number of amides is 2. The predicted molar refractivity (Wildman–Crippen MR) is 87.4 cm³/mol. The van der Waals surface area contributed by atoms with E-state index in [1.807, 2.05) is 18.2 Å². The lowest BCUT2D eigenvalue weighted by molar-refractivity contribution is -0.135. The van der Waals surface area contributed by atoms with Gasteiger partial charge in [-0.1, -0.05) is 13.0 Å². The third-order valence-electron chi connectivity index (χ3n) is 4.19. The number of carbonyl (C=O) groups is 2. The topological polar surface area (TPSA) is 85.1 Å². The van der Waals surface area contributed by atoms with Crippen molar-refractivity contribution in [2.24, 2.45) is 7.05 Å². The molecular formula is C16H20N4O3. The first-order valence-corrected chi connectivity index (χ1v) is 7.82. The van der Waals surface area contributed by atoms with Gasteiger partial charge >= 0.3 is 5.69 Å². The summed E-state index contributed by atoms with van der Waals surface area (Å²) in [5.41, 5.74) is 2.10. The summed E-state index contributed by atoms with van der Waals surface area (Å²) in [7, 11) is 1.70. The molecule has 122 valence electrons. The number of nitrogens with zero attached hydrogens (tertiary/aromatic N) is 2. The first-order chi connectivity index (χ1) is 11.0. The normalized spacial score (nSPS) is 18.3. The van der Waals surface area contributed by atoms with Crippen LogP contribution in [0, 0.1) is 0 Å². The number of aryl methyl sites for hydroxylation is 1. The van der Waals surface area contributed by atoms with Crippen molar-refractivity contribution in [3.05, 3.63) is 28.7 Å². The lowest BCUT2D eigenvalue weighted by Crippen LogP contribution is -2.44. The van der Waals surface area contributed by atoms with Gasteiger partial charge in [0.05, 0.1) is 16.7 Å². The summed E-state index contributed by atoms with van der Waals surface area (Å²) in [4.78, 5) is 36.2. The summed E-state index contributed by atoms with van der Waals surface area (Å²) >= 11 is 0. The van der Waals surface area contributed by atoms with Gasteiger partial charge in [0.1, 0.15) is 6.04 Å². The zero-order valence-corrected chi connectivity index (χ0v) is 13.3. The summed E-state index contributed by atoms with van der Waals surface area (Å²) in [6, 6.07) is 4.97. The van der Waals surface area contributed by atoms with Crippen molar-refractivity contribution < 1.29 is 9.59 Å². The van der Waals surface area contributed by atoms with E-state index in [4.69, 9.17) is 0 Å². The number of nitrogens with one attached hydrogen (secondary N) is 2. The van der Waals surface area contributed by atoms with Crippen LogP contribution in [0.25, 0.3) is 11.0 Å². The number of benzene rings is 1. The fraction of sp³-hybridized carbons (Fsp3) is 0.438. The van der Waals surface area contributed by atoms with Gasteiger partial charge in [-0.25, -0.2) is 4.79 Å². The molecular weight excluding hydrogens is 296 g/mol. The molecule has 0 radical (unpaired) electrons. The van der Waals surface area contributed by atoms with Crippen molar-refractivity contribution >= 4 is 28.5 Å². The molecule has 7 heteroatoms. The minimum absolute atomic E-state index is 0.243. The highest BCUT2D eigenvalue weighted by atomic mass is 16.2. The number of fused-ring (bicyclic) bond motifs is 1. The molecule has 1 aromatic carbocycles. The molecule has 1 saturated heterocycles. The lowest BCUT2D eigenvalue weighted by Gasteiger charge is -2.22. The molecule has 2 heterocycles. The molecule has 2 aromatic rings. The van der Waals surface area contributed by atoms with Gasteiger partial charge in [0.2, 0.25) is 11.8 Å². The molecule has 1 atom stereocenters. The van der Waals surface area contributed by atoms with E-state index < -0.39 is 11.9 Å². The van der Waals surface area contributed by atoms with Crippen LogP contribution in [-0.4, -0.2) is 27.5 Å². The Balaban J connectivity index is 2.15. The van der Waals surface area contributed by atoms with Crippen LogP contribution in [-0.2, 0) is 16.6 Å². The Kier molecular flexibility index (Phi) is 3.94. The molecule has 0 spiro atoms. The van der Waals surface area contributed by atoms with Gasteiger partial charge in [-0.2, -0.15) is 0 Å². The summed E-state index contributed by atoms with van der Waals surface area (Å²) in [5.74, 6) is -0.701. The molecule has 0 bridgehead atoms. The second-order valence-electron chi connectivity index (χ2n) is 5.78. The zero-order valence-electron chi connectivity index (χ0n) is 13.3. The molecule has 2 N–H and O–H groups in total. The van der Waals surface area contributed by atoms with Gasteiger partial charge < -0.3 is 5.32 Å². The van der Waals surface area contributed by atoms with Crippen LogP contribution >= 0.6 is 0 Å². The van der Waals surface area contributed by atoms with Crippen LogP contribution in [0.3, 0.4) is 0 Å². The Hall–Kier alpha value is -2.57. The summed E-state index contributed by atoms with van der Waals surface area (Å²) in [6.07, 6.45) is 1.56. The number of anilines is 1. The Labute approximate surface area is 133 Å². The summed E-state index contributed by atoms with van der Waals surface area (Å²) in [5, 5.41) is 5.63. The van der Waals surface area contributed by atoms with E-state index >= 15 is 0 Å². The van der Waals surface area contributed by atoms with Crippen molar-refractivity contribution in [1.82, 2.24) is 14.5 Å². The standard InChI is InChI=1S/C16H20N4O3/c1-3-9-17-10-5-4-6-11-14(10)19(2)16(23)20(11)12-7-8-13(21)18-15(12)22/h4-6,12,17H,3,7-9H2,1-2H3,(H,18,21,22). The average molecular weight is 316 g/mol. The number of aromatic nitrogens is 2. The van der Waals surface area contributed by atoms with Crippen LogP contribution in [0.15, 0.2) is 23.0 Å². The van der Waals surface area contributed by atoms with Gasteiger partial charge in [-0.3, -0.25) is 24.0 Å². The number of hydrogen-bond acceptors (Lipinski definition) is 4. The minimum Gasteiger partial charge on any atom is -0.383 e. The first kappa shape index (κ1) is 15.3. The molecule has 23 heavy (non-hydrogen) atoms. The molecule has 0 saturated carbocycles. The zero-order chi connectivity index (χ0) is 16.6. The van der Waals surface area contributed by atoms with Gasteiger partial charge in [-0.05, 0) is 25.0 Å². The van der Waals surface area contributed by atoms with Crippen molar-refractivity contribution in [1.29, 1.82) is 0 Å². The average Bonchev–Trinajstić information content (AvgIpc) is 2.78. The van der Waals surface area contributed by atoms with Gasteiger partial charge in [0.15, 0.2) is 0 Å². The number of carbonyl (C=O) groups excluding carboxylic acids is 2. The Morgan fingerprint density at radius 2 is 2.09 bits per heavy atom. The highest BCUT2D eigenvalue weighted by molar-refractivity contribution is 6.00. The van der Waals surface area contributed by atoms with Crippen molar-refractivity contribution in [3.63, 3.8) is 0 Å². The van der Waals surface area contributed by atoms with E-state index in [9.17, 15) is 14.4 Å². The molecule has 2 amide bonds. The first-order valence-electron chi connectivity index (χ1n) is 7.82. The molecule has 3 rings (SSSR count). The molecule has 1 aliphatic rings. The molecule has 1 fully saturated rings. The predicted octanol–water partition coefficient (Wildman–Crippen LogP) is 1.14. The van der Waals surface area contributed by atoms with Crippen LogP contribution < -0.4 is 16.3 Å². The molecule has 0 aliphatic carbocycles. The molecule has 7 nitrogen and oxygen atoms in total.